The zero-order chi connectivity index (χ0) is 14.3. The smallest absolute Gasteiger partial charge is 0.224 e. The molecule has 1 atom stereocenters. The Kier molecular flexibility index (Phi) is 5.87. The summed E-state index contributed by atoms with van der Waals surface area (Å²) in [6, 6.07) is 9.51. The van der Waals surface area contributed by atoms with Crippen LogP contribution in [0.5, 0.6) is 5.75 Å². The Hall–Kier alpha value is -2.02. The second-order valence-corrected chi connectivity index (χ2v) is 4.77. The first kappa shape index (κ1) is 15.0. The van der Waals surface area contributed by atoms with E-state index in [0.29, 0.717) is 24.3 Å². The third-order valence-electron chi connectivity index (χ3n) is 3.03. The molecule has 4 heteroatoms. The third kappa shape index (κ3) is 4.63. The highest BCUT2D eigenvalue weighted by Gasteiger charge is 2.15. The highest BCUT2D eigenvalue weighted by Crippen LogP contribution is 2.23. The second kappa shape index (κ2) is 7.42. The van der Waals surface area contributed by atoms with Crippen molar-refractivity contribution in [1.82, 2.24) is 0 Å². The first-order chi connectivity index (χ1) is 9.08. The SMILES string of the molecule is COc1ccccc1NC(=O)CCC(C#N)C(C)C. The number of carbonyl (C=O) groups excluding carboxylic acids is 1. The number of carbonyl (C=O) groups is 1. The van der Waals surface area contributed by atoms with Gasteiger partial charge in [-0.05, 0) is 24.5 Å². The molecule has 0 fully saturated rings. The fraction of sp³-hybridized carbons (Fsp3) is 0.467. The number of anilines is 1. The zero-order valence-electron chi connectivity index (χ0n) is 11.6. The first-order valence-corrected chi connectivity index (χ1v) is 6.41. The lowest BCUT2D eigenvalue weighted by atomic mass is 9.92. The predicted octanol–water partition coefficient (Wildman–Crippen LogP) is 3.21. The van der Waals surface area contributed by atoms with E-state index >= 15 is 0 Å². The summed E-state index contributed by atoms with van der Waals surface area (Å²) in [5.74, 6) is 0.731. The van der Waals surface area contributed by atoms with Crippen LogP contribution in [-0.4, -0.2) is 13.0 Å². The number of rotatable bonds is 6. The molecule has 0 bridgehead atoms. The standard InChI is InChI=1S/C15H20N2O2/c1-11(2)12(10-16)8-9-15(18)17-13-6-4-5-7-14(13)19-3/h4-7,11-12H,8-9H2,1-3H3,(H,17,18). The minimum Gasteiger partial charge on any atom is -0.495 e. The molecule has 1 amide bonds. The van der Waals surface area contributed by atoms with E-state index in [-0.39, 0.29) is 17.7 Å². The van der Waals surface area contributed by atoms with Gasteiger partial charge in [-0.2, -0.15) is 5.26 Å². The van der Waals surface area contributed by atoms with Crippen LogP contribution in [0.1, 0.15) is 26.7 Å². The average molecular weight is 260 g/mol. The lowest BCUT2D eigenvalue weighted by molar-refractivity contribution is -0.116. The number of hydrogen-bond acceptors (Lipinski definition) is 3. The topological polar surface area (TPSA) is 62.1 Å². The fourth-order valence-electron chi connectivity index (χ4n) is 1.79. The van der Waals surface area contributed by atoms with Crippen molar-refractivity contribution in [2.45, 2.75) is 26.7 Å². The maximum absolute atomic E-state index is 11.8. The number of benzene rings is 1. The minimum absolute atomic E-state index is 0.0802. The van der Waals surface area contributed by atoms with Crippen molar-refractivity contribution in [1.29, 1.82) is 5.26 Å². The highest BCUT2D eigenvalue weighted by atomic mass is 16.5. The van der Waals surface area contributed by atoms with Crippen molar-refractivity contribution >= 4 is 11.6 Å². The molecule has 1 unspecified atom stereocenters. The molecule has 1 rings (SSSR count). The van der Waals surface area contributed by atoms with Gasteiger partial charge in [0.25, 0.3) is 0 Å². The Labute approximate surface area is 114 Å². The molecule has 4 nitrogen and oxygen atoms in total. The van der Waals surface area contributed by atoms with Gasteiger partial charge in [-0.15, -0.1) is 0 Å². The lowest BCUT2D eigenvalue weighted by Crippen LogP contribution is -2.15. The Morgan fingerprint density at radius 1 is 1.42 bits per heavy atom. The first-order valence-electron chi connectivity index (χ1n) is 6.41. The Morgan fingerprint density at radius 3 is 2.68 bits per heavy atom. The van der Waals surface area contributed by atoms with Crippen LogP contribution in [0.2, 0.25) is 0 Å². The van der Waals surface area contributed by atoms with Crippen LogP contribution in [0.4, 0.5) is 5.69 Å². The van der Waals surface area contributed by atoms with Gasteiger partial charge in [-0.3, -0.25) is 4.79 Å². The van der Waals surface area contributed by atoms with Crippen molar-refractivity contribution in [2.24, 2.45) is 11.8 Å². The minimum atomic E-state index is -0.0922. The number of nitrogens with zero attached hydrogens (tertiary/aromatic N) is 1. The van der Waals surface area contributed by atoms with E-state index in [1.54, 1.807) is 19.2 Å². The molecule has 0 heterocycles. The molecule has 0 spiro atoms. The van der Waals surface area contributed by atoms with E-state index in [4.69, 9.17) is 10.00 Å². The molecule has 0 aliphatic carbocycles. The van der Waals surface area contributed by atoms with Crippen molar-refractivity contribution in [3.8, 4) is 11.8 Å². The van der Waals surface area contributed by atoms with Gasteiger partial charge in [0, 0.05) is 12.3 Å². The maximum Gasteiger partial charge on any atom is 0.224 e. The monoisotopic (exact) mass is 260 g/mol. The van der Waals surface area contributed by atoms with Crippen molar-refractivity contribution < 1.29 is 9.53 Å². The van der Waals surface area contributed by atoms with Crippen LogP contribution >= 0.6 is 0 Å². The fourth-order valence-corrected chi connectivity index (χ4v) is 1.79. The van der Waals surface area contributed by atoms with Crippen molar-refractivity contribution in [2.75, 3.05) is 12.4 Å². The van der Waals surface area contributed by atoms with Crippen molar-refractivity contribution in [3.63, 3.8) is 0 Å². The predicted molar refractivity (Wildman–Crippen MR) is 74.8 cm³/mol. The van der Waals surface area contributed by atoms with Crippen LogP contribution in [0.25, 0.3) is 0 Å². The number of amides is 1. The van der Waals surface area contributed by atoms with Gasteiger partial charge in [-0.1, -0.05) is 26.0 Å². The molecule has 102 valence electrons. The summed E-state index contributed by atoms with van der Waals surface area (Å²) in [6.45, 7) is 3.98. The summed E-state index contributed by atoms with van der Waals surface area (Å²) in [5, 5.41) is 11.8. The van der Waals surface area contributed by atoms with Gasteiger partial charge in [0.15, 0.2) is 0 Å². The Balaban J connectivity index is 2.54. The number of nitriles is 1. The second-order valence-electron chi connectivity index (χ2n) is 4.77. The van der Waals surface area contributed by atoms with Crippen LogP contribution in [0.15, 0.2) is 24.3 Å². The van der Waals surface area contributed by atoms with E-state index < -0.39 is 0 Å². The zero-order valence-corrected chi connectivity index (χ0v) is 11.6. The van der Waals surface area contributed by atoms with Crippen LogP contribution in [-0.2, 0) is 4.79 Å². The molecule has 19 heavy (non-hydrogen) atoms. The molecule has 0 aliphatic heterocycles. The van der Waals surface area contributed by atoms with Gasteiger partial charge in [0.1, 0.15) is 5.75 Å². The lowest BCUT2D eigenvalue weighted by Gasteiger charge is -2.13. The summed E-state index contributed by atoms with van der Waals surface area (Å²) in [7, 11) is 1.56. The summed E-state index contributed by atoms with van der Waals surface area (Å²) in [4.78, 5) is 11.8. The maximum atomic E-state index is 11.8. The number of para-hydroxylation sites is 2. The van der Waals surface area contributed by atoms with Crippen LogP contribution in [0, 0.1) is 23.2 Å². The number of hydrogen-bond donors (Lipinski definition) is 1. The van der Waals surface area contributed by atoms with E-state index in [1.165, 1.54) is 0 Å². The molecule has 0 aliphatic rings. The van der Waals surface area contributed by atoms with Crippen LogP contribution < -0.4 is 10.1 Å². The van der Waals surface area contributed by atoms with Crippen molar-refractivity contribution in [3.05, 3.63) is 24.3 Å². The number of ether oxygens (including phenoxy) is 1. The third-order valence-corrected chi connectivity index (χ3v) is 3.03. The van der Waals surface area contributed by atoms with Gasteiger partial charge in [0.05, 0.1) is 18.9 Å². The largest absolute Gasteiger partial charge is 0.495 e. The van der Waals surface area contributed by atoms with E-state index in [2.05, 4.69) is 11.4 Å². The molecule has 1 aromatic rings. The summed E-state index contributed by atoms with van der Waals surface area (Å²) in [6.07, 6.45) is 0.920. The molecular formula is C15H20N2O2. The van der Waals surface area contributed by atoms with Crippen LogP contribution in [0.3, 0.4) is 0 Å². The number of nitrogens with one attached hydrogen (secondary N) is 1. The quantitative estimate of drug-likeness (QED) is 0.854. The number of methoxy groups -OCH3 is 1. The molecule has 0 aromatic heterocycles. The van der Waals surface area contributed by atoms with E-state index in [9.17, 15) is 4.79 Å². The molecule has 0 saturated heterocycles. The molecule has 1 N–H and O–H groups in total. The summed E-state index contributed by atoms with van der Waals surface area (Å²) >= 11 is 0. The van der Waals surface area contributed by atoms with Gasteiger partial charge in [0.2, 0.25) is 5.91 Å². The normalized spacial score (nSPS) is 11.7. The van der Waals surface area contributed by atoms with E-state index in [1.807, 2.05) is 26.0 Å². The highest BCUT2D eigenvalue weighted by molar-refractivity contribution is 5.92. The van der Waals surface area contributed by atoms with Gasteiger partial charge in [-0.25, -0.2) is 0 Å². The Bertz CT molecular complexity index is 463. The Morgan fingerprint density at radius 2 is 2.11 bits per heavy atom. The van der Waals surface area contributed by atoms with Gasteiger partial charge >= 0.3 is 0 Å². The molecular weight excluding hydrogens is 240 g/mol. The molecule has 0 radical (unpaired) electrons. The van der Waals surface area contributed by atoms with Gasteiger partial charge < -0.3 is 10.1 Å². The molecule has 0 saturated carbocycles. The summed E-state index contributed by atoms with van der Waals surface area (Å²) < 4.78 is 5.16. The van der Waals surface area contributed by atoms with E-state index in [0.717, 1.165) is 0 Å². The summed E-state index contributed by atoms with van der Waals surface area (Å²) in [5.41, 5.74) is 0.660. The molecule has 1 aromatic carbocycles. The average Bonchev–Trinajstić information content (AvgIpc) is 2.39.